The van der Waals surface area contributed by atoms with Crippen LogP contribution in [0.25, 0.3) is 0 Å². The van der Waals surface area contributed by atoms with Crippen LogP contribution in [0.1, 0.15) is 15.9 Å². The van der Waals surface area contributed by atoms with Crippen molar-refractivity contribution in [3.05, 3.63) is 65.5 Å². The summed E-state index contributed by atoms with van der Waals surface area (Å²) in [5, 5.41) is 0. The average Bonchev–Trinajstić information content (AvgIpc) is 2.73. The molecule has 22 heavy (non-hydrogen) atoms. The quantitative estimate of drug-likeness (QED) is 0.857. The van der Waals surface area contributed by atoms with Crippen molar-refractivity contribution in [1.82, 2.24) is 0 Å². The molecule has 0 aromatic heterocycles. The molecule has 2 aromatic rings. The molecule has 3 rings (SSSR count). The van der Waals surface area contributed by atoms with Gasteiger partial charge in [-0.15, -0.1) is 0 Å². The Morgan fingerprint density at radius 2 is 1.82 bits per heavy atom. The lowest BCUT2D eigenvalue weighted by Gasteiger charge is -2.21. The Labute approximate surface area is 127 Å². The smallest absolute Gasteiger partial charge is 0.303 e. The molecular formula is C17H16FN2O2+. The molecule has 0 saturated carbocycles. The first-order valence-electron chi connectivity index (χ1n) is 7.07. The molecule has 1 amide bonds. The van der Waals surface area contributed by atoms with Crippen molar-refractivity contribution in [2.45, 2.75) is 6.54 Å². The number of fused-ring (bicyclic) bond motifs is 1. The second kappa shape index (κ2) is 5.69. The minimum Gasteiger partial charge on any atom is -0.316 e. The third-order valence-electron chi connectivity index (χ3n) is 3.71. The molecule has 2 aromatic carbocycles. The zero-order valence-corrected chi connectivity index (χ0v) is 12.2. The minimum absolute atomic E-state index is 0.277. The van der Waals surface area contributed by atoms with Gasteiger partial charge in [0, 0.05) is 5.56 Å². The highest BCUT2D eigenvalue weighted by Gasteiger charge is 2.37. The lowest BCUT2D eigenvalue weighted by molar-refractivity contribution is -0.892. The van der Waals surface area contributed by atoms with E-state index in [1.165, 1.54) is 23.1 Å². The predicted octanol–water partition coefficient (Wildman–Crippen LogP) is 1.03. The van der Waals surface area contributed by atoms with Crippen molar-refractivity contribution in [2.75, 3.05) is 18.6 Å². The summed E-state index contributed by atoms with van der Waals surface area (Å²) < 4.78 is 13.4. The molecule has 0 bridgehead atoms. The van der Waals surface area contributed by atoms with Gasteiger partial charge in [0.15, 0.2) is 6.67 Å². The third-order valence-corrected chi connectivity index (χ3v) is 3.71. The Hall–Kier alpha value is -2.53. The van der Waals surface area contributed by atoms with Crippen LogP contribution in [0.5, 0.6) is 0 Å². The Balaban J connectivity index is 1.79. The normalized spacial score (nSPS) is 15.1. The second-order valence-corrected chi connectivity index (χ2v) is 5.50. The summed E-state index contributed by atoms with van der Waals surface area (Å²) in [6, 6.07) is 13.7. The molecule has 1 aliphatic heterocycles. The fourth-order valence-electron chi connectivity index (χ4n) is 2.69. The van der Waals surface area contributed by atoms with Crippen molar-refractivity contribution in [3.8, 4) is 0 Å². The van der Waals surface area contributed by atoms with Gasteiger partial charge in [0.05, 0.1) is 18.3 Å². The largest absolute Gasteiger partial charge is 0.316 e. The van der Waals surface area contributed by atoms with Crippen LogP contribution in [0.4, 0.5) is 10.1 Å². The van der Waals surface area contributed by atoms with Crippen molar-refractivity contribution in [1.29, 1.82) is 0 Å². The van der Waals surface area contributed by atoms with Gasteiger partial charge in [0.25, 0.3) is 5.78 Å². The number of halogens is 1. The van der Waals surface area contributed by atoms with Gasteiger partial charge in [-0.2, -0.15) is 0 Å². The Morgan fingerprint density at radius 1 is 1.09 bits per heavy atom. The number of Topliss-reactive ketones (excluding diaryl/α,β-unsaturated/α-hetero) is 1. The molecule has 0 aliphatic carbocycles. The molecule has 1 heterocycles. The summed E-state index contributed by atoms with van der Waals surface area (Å²) >= 11 is 0. The van der Waals surface area contributed by atoms with Gasteiger partial charge in [-0.05, 0) is 18.2 Å². The molecule has 1 N–H and O–H groups in total. The summed E-state index contributed by atoms with van der Waals surface area (Å²) in [5.41, 5.74) is 1.78. The summed E-state index contributed by atoms with van der Waals surface area (Å²) in [5.74, 6) is -1.61. The standard InChI is InChI=1S/C17H15FN2O2/c1-19(10-12-5-3-2-4-6-12)11-20-15-9-13(18)7-8-14(15)16(21)17(20)22/h2-9H,10-11H2,1H3/p+1. The molecule has 1 aliphatic rings. The topological polar surface area (TPSA) is 41.8 Å². The highest BCUT2D eigenvalue weighted by atomic mass is 19.1. The number of rotatable bonds is 4. The van der Waals surface area contributed by atoms with Crippen molar-refractivity contribution < 1.29 is 18.9 Å². The molecule has 0 saturated heterocycles. The van der Waals surface area contributed by atoms with Gasteiger partial charge in [0.1, 0.15) is 12.4 Å². The first kappa shape index (κ1) is 14.4. The number of hydrogen-bond acceptors (Lipinski definition) is 2. The summed E-state index contributed by atoms with van der Waals surface area (Å²) in [4.78, 5) is 26.4. The van der Waals surface area contributed by atoms with E-state index in [2.05, 4.69) is 0 Å². The SMILES string of the molecule is C[NH+](Cc1ccccc1)CN1C(=O)C(=O)c2ccc(F)cc21. The van der Waals surface area contributed by atoms with Crippen LogP contribution >= 0.6 is 0 Å². The van der Waals surface area contributed by atoms with E-state index in [-0.39, 0.29) is 5.56 Å². The number of nitrogens with one attached hydrogen (secondary N) is 1. The lowest BCUT2D eigenvalue weighted by Crippen LogP contribution is -3.09. The molecule has 1 unspecified atom stereocenters. The van der Waals surface area contributed by atoms with Gasteiger partial charge in [-0.3, -0.25) is 14.5 Å². The van der Waals surface area contributed by atoms with Crippen LogP contribution in [-0.2, 0) is 11.3 Å². The van der Waals surface area contributed by atoms with Crippen LogP contribution in [0, 0.1) is 5.82 Å². The van der Waals surface area contributed by atoms with E-state index >= 15 is 0 Å². The van der Waals surface area contributed by atoms with Crippen molar-refractivity contribution in [2.24, 2.45) is 0 Å². The average molecular weight is 299 g/mol. The fourth-order valence-corrected chi connectivity index (χ4v) is 2.69. The maximum Gasteiger partial charge on any atom is 0.303 e. The molecule has 4 nitrogen and oxygen atoms in total. The maximum atomic E-state index is 13.4. The van der Waals surface area contributed by atoms with Gasteiger partial charge >= 0.3 is 5.91 Å². The molecule has 112 valence electrons. The molecular weight excluding hydrogens is 283 g/mol. The highest BCUT2D eigenvalue weighted by molar-refractivity contribution is 6.52. The number of anilines is 1. The number of ketones is 1. The minimum atomic E-state index is -0.590. The first-order chi connectivity index (χ1) is 10.6. The second-order valence-electron chi connectivity index (χ2n) is 5.50. The molecule has 1 atom stereocenters. The summed E-state index contributed by atoms with van der Waals surface area (Å²) in [6.07, 6.45) is 0. The monoisotopic (exact) mass is 299 g/mol. The van der Waals surface area contributed by atoms with Crippen LogP contribution in [-0.4, -0.2) is 25.4 Å². The van der Waals surface area contributed by atoms with E-state index in [1.807, 2.05) is 37.4 Å². The zero-order chi connectivity index (χ0) is 15.7. The van der Waals surface area contributed by atoms with Gasteiger partial charge in [0.2, 0.25) is 0 Å². The number of benzene rings is 2. The number of nitrogens with zero attached hydrogens (tertiary/aromatic N) is 1. The van der Waals surface area contributed by atoms with Crippen LogP contribution < -0.4 is 9.80 Å². The number of carbonyl (C=O) groups is 2. The first-order valence-corrected chi connectivity index (χ1v) is 7.07. The van der Waals surface area contributed by atoms with Crippen molar-refractivity contribution in [3.63, 3.8) is 0 Å². The molecule has 0 radical (unpaired) electrons. The Morgan fingerprint density at radius 3 is 2.55 bits per heavy atom. The fraction of sp³-hybridized carbons (Fsp3) is 0.176. The van der Waals surface area contributed by atoms with Gasteiger partial charge in [-0.25, -0.2) is 4.39 Å². The highest BCUT2D eigenvalue weighted by Crippen LogP contribution is 2.28. The zero-order valence-electron chi connectivity index (χ0n) is 12.2. The van der Waals surface area contributed by atoms with E-state index < -0.39 is 17.5 Å². The van der Waals surface area contributed by atoms with Crippen LogP contribution in [0.2, 0.25) is 0 Å². The Bertz CT molecular complexity index is 731. The van der Waals surface area contributed by atoms with Crippen LogP contribution in [0.15, 0.2) is 48.5 Å². The Kier molecular flexibility index (Phi) is 3.73. The van der Waals surface area contributed by atoms with E-state index in [9.17, 15) is 14.0 Å². The number of amides is 1. The van der Waals surface area contributed by atoms with E-state index in [0.717, 1.165) is 10.5 Å². The molecule has 0 spiro atoms. The van der Waals surface area contributed by atoms with Crippen LogP contribution in [0.3, 0.4) is 0 Å². The number of quaternary nitrogens is 1. The van der Waals surface area contributed by atoms with E-state index in [4.69, 9.17) is 0 Å². The van der Waals surface area contributed by atoms with Gasteiger partial charge < -0.3 is 4.90 Å². The van der Waals surface area contributed by atoms with Gasteiger partial charge in [-0.1, -0.05) is 30.3 Å². The molecule has 0 fully saturated rings. The number of carbonyl (C=O) groups excluding carboxylic acids is 2. The third kappa shape index (κ3) is 2.63. The molecule has 5 heteroatoms. The van der Waals surface area contributed by atoms with Crippen molar-refractivity contribution >= 4 is 17.4 Å². The van der Waals surface area contributed by atoms with E-state index in [1.54, 1.807) is 0 Å². The summed E-state index contributed by atoms with van der Waals surface area (Å²) in [7, 11) is 1.93. The van der Waals surface area contributed by atoms with E-state index in [0.29, 0.717) is 18.9 Å². The predicted molar refractivity (Wildman–Crippen MR) is 80.1 cm³/mol. The summed E-state index contributed by atoms with van der Waals surface area (Å²) in [6.45, 7) is 1.03. The number of hydrogen-bond donors (Lipinski definition) is 1. The maximum absolute atomic E-state index is 13.4. The lowest BCUT2D eigenvalue weighted by atomic mass is 10.1.